The molecule has 2 atom stereocenters. The van der Waals surface area contributed by atoms with Gasteiger partial charge in [-0.05, 0) is 54.4 Å². The molecule has 1 saturated heterocycles. The van der Waals surface area contributed by atoms with E-state index in [1.807, 2.05) is 0 Å². The molecule has 2 unspecified atom stereocenters. The van der Waals surface area contributed by atoms with E-state index in [9.17, 15) is 9.18 Å². The van der Waals surface area contributed by atoms with Crippen LogP contribution >= 0.6 is 23.2 Å². The molecule has 1 fully saturated rings. The Labute approximate surface area is 173 Å². The molecule has 150 valence electrons. The predicted molar refractivity (Wildman–Crippen MR) is 108 cm³/mol. The summed E-state index contributed by atoms with van der Waals surface area (Å²) in [4.78, 5) is 14.5. The first-order valence-electron chi connectivity index (χ1n) is 9.10. The van der Waals surface area contributed by atoms with Crippen LogP contribution in [0.1, 0.15) is 24.0 Å². The van der Waals surface area contributed by atoms with Gasteiger partial charge in [0.05, 0.1) is 0 Å². The van der Waals surface area contributed by atoms with E-state index in [-0.39, 0.29) is 24.7 Å². The molecule has 1 aliphatic rings. The van der Waals surface area contributed by atoms with Crippen molar-refractivity contribution >= 4 is 29.1 Å². The Kier molecular flexibility index (Phi) is 6.58. The van der Waals surface area contributed by atoms with Gasteiger partial charge in [-0.15, -0.1) is 0 Å². The third-order valence-corrected chi connectivity index (χ3v) is 5.76. The number of hydrogen-bond donors (Lipinski definition) is 1. The minimum atomic E-state index is -1.25. The van der Waals surface area contributed by atoms with E-state index in [2.05, 4.69) is 5.32 Å². The van der Waals surface area contributed by atoms with Gasteiger partial charge in [-0.2, -0.15) is 0 Å². The zero-order valence-electron chi connectivity index (χ0n) is 15.5. The number of piperidine rings is 1. The molecule has 0 radical (unpaired) electrons. The van der Waals surface area contributed by atoms with Gasteiger partial charge in [-0.3, -0.25) is 4.79 Å². The second-order valence-corrected chi connectivity index (χ2v) is 8.16. The highest BCUT2D eigenvalue weighted by Gasteiger charge is 2.44. The van der Waals surface area contributed by atoms with Crippen molar-refractivity contribution in [1.29, 1.82) is 0 Å². The first kappa shape index (κ1) is 21.0. The van der Waals surface area contributed by atoms with E-state index >= 15 is 4.39 Å². The van der Waals surface area contributed by atoms with Gasteiger partial charge >= 0.3 is 0 Å². The molecule has 3 rings (SSSR count). The molecule has 0 bridgehead atoms. The van der Waals surface area contributed by atoms with E-state index in [1.54, 1.807) is 42.3 Å². The van der Waals surface area contributed by atoms with Crippen LogP contribution in [0.15, 0.2) is 42.5 Å². The van der Waals surface area contributed by atoms with Crippen molar-refractivity contribution in [3.05, 3.63) is 69.5 Å². The molecule has 0 saturated carbocycles. The first-order valence-corrected chi connectivity index (χ1v) is 9.85. The number of amides is 1. The quantitative estimate of drug-likeness (QED) is 0.747. The number of alkyl halides is 1. The summed E-state index contributed by atoms with van der Waals surface area (Å²) in [6, 6.07) is 10.9. The third kappa shape index (κ3) is 4.65. The van der Waals surface area contributed by atoms with Gasteiger partial charge in [0, 0.05) is 42.0 Å². The lowest BCUT2D eigenvalue weighted by atomic mass is 9.69. The molecule has 1 N–H and O–H groups in total. The molecule has 2 aromatic carbocycles. The molecule has 2 aromatic rings. The van der Waals surface area contributed by atoms with E-state index in [0.29, 0.717) is 35.1 Å². The van der Waals surface area contributed by atoms with Crippen molar-refractivity contribution in [1.82, 2.24) is 10.2 Å². The second kappa shape index (κ2) is 8.76. The zero-order chi connectivity index (χ0) is 20.3. The fourth-order valence-electron chi connectivity index (χ4n) is 3.77. The van der Waals surface area contributed by atoms with Crippen molar-refractivity contribution in [3.8, 4) is 0 Å². The fourth-order valence-corrected chi connectivity index (χ4v) is 4.34. The van der Waals surface area contributed by atoms with Crippen LogP contribution in [0.5, 0.6) is 0 Å². The third-order valence-electron chi connectivity index (χ3n) is 5.32. The molecule has 3 nitrogen and oxygen atoms in total. The van der Waals surface area contributed by atoms with Crippen LogP contribution in [0.3, 0.4) is 0 Å². The molecule has 1 heterocycles. The van der Waals surface area contributed by atoms with E-state index in [0.717, 1.165) is 5.56 Å². The van der Waals surface area contributed by atoms with Crippen molar-refractivity contribution in [3.63, 3.8) is 0 Å². The smallest absolute Gasteiger partial charge is 0.223 e. The van der Waals surface area contributed by atoms with Crippen LogP contribution in [-0.4, -0.2) is 37.1 Å². The van der Waals surface area contributed by atoms with Gasteiger partial charge < -0.3 is 10.2 Å². The largest absolute Gasteiger partial charge is 0.341 e. The normalized spacial score (nSPS) is 22.1. The van der Waals surface area contributed by atoms with E-state index < -0.39 is 11.6 Å². The van der Waals surface area contributed by atoms with Crippen LogP contribution in [0, 0.1) is 5.82 Å². The topological polar surface area (TPSA) is 32.3 Å². The summed E-state index contributed by atoms with van der Waals surface area (Å²) in [6.07, 6.45) is -0.779. The summed E-state index contributed by atoms with van der Waals surface area (Å²) < 4.78 is 28.5. The Morgan fingerprint density at radius 1 is 1.21 bits per heavy atom. The van der Waals surface area contributed by atoms with Crippen molar-refractivity contribution in [2.24, 2.45) is 0 Å². The van der Waals surface area contributed by atoms with Crippen LogP contribution < -0.4 is 5.32 Å². The van der Waals surface area contributed by atoms with Crippen LogP contribution in [-0.2, 0) is 16.8 Å². The summed E-state index contributed by atoms with van der Waals surface area (Å²) in [7, 11) is 1.67. The van der Waals surface area contributed by atoms with E-state index in [4.69, 9.17) is 23.2 Å². The van der Waals surface area contributed by atoms with Gasteiger partial charge in [0.1, 0.15) is 12.0 Å². The fraction of sp³-hybridized carbons (Fsp3) is 0.381. The highest BCUT2D eigenvalue weighted by molar-refractivity contribution is 6.34. The standard InChI is InChI=1S/C21H22Cl2F2N2O/c1-27(13-14-8-16(22)10-17(23)9-14)20(28)11-21(6-7-26-12-19(21)25)15-2-4-18(24)5-3-15/h2-5,8-10,19,26H,6-7,11-13H2,1H3. The second-order valence-electron chi connectivity index (χ2n) is 7.29. The van der Waals surface area contributed by atoms with E-state index in [1.165, 1.54) is 12.1 Å². The highest BCUT2D eigenvalue weighted by Crippen LogP contribution is 2.39. The maximum atomic E-state index is 15.1. The van der Waals surface area contributed by atoms with Gasteiger partial charge in [-0.1, -0.05) is 35.3 Å². The maximum Gasteiger partial charge on any atom is 0.223 e. The van der Waals surface area contributed by atoms with Crippen LogP contribution in [0.25, 0.3) is 0 Å². The Hall–Kier alpha value is -1.69. The number of hydrogen-bond acceptors (Lipinski definition) is 2. The lowest BCUT2D eigenvalue weighted by Gasteiger charge is -2.41. The Morgan fingerprint density at radius 3 is 2.46 bits per heavy atom. The number of carbonyl (C=O) groups excluding carboxylic acids is 1. The number of nitrogens with one attached hydrogen (secondary N) is 1. The zero-order valence-corrected chi connectivity index (χ0v) is 17.0. The lowest BCUT2D eigenvalue weighted by molar-refractivity contribution is -0.133. The highest BCUT2D eigenvalue weighted by atomic mass is 35.5. The summed E-state index contributed by atoms with van der Waals surface area (Å²) in [6.45, 7) is 1.07. The molecule has 0 aliphatic carbocycles. The summed E-state index contributed by atoms with van der Waals surface area (Å²) >= 11 is 12.1. The molecule has 28 heavy (non-hydrogen) atoms. The van der Waals surface area contributed by atoms with Crippen molar-refractivity contribution < 1.29 is 13.6 Å². The monoisotopic (exact) mass is 426 g/mol. The molecular weight excluding hydrogens is 405 g/mol. The molecule has 7 heteroatoms. The summed E-state index contributed by atoms with van der Waals surface area (Å²) in [5.41, 5.74) is 0.470. The maximum absolute atomic E-state index is 15.1. The van der Waals surface area contributed by atoms with Crippen molar-refractivity contribution in [2.45, 2.75) is 31.0 Å². The van der Waals surface area contributed by atoms with Gasteiger partial charge in [0.2, 0.25) is 5.91 Å². The number of benzene rings is 2. The Bertz CT molecular complexity index is 827. The average Bonchev–Trinajstić information content (AvgIpc) is 2.63. The minimum Gasteiger partial charge on any atom is -0.341 e. The van der Waals surface area contributed by atoms with Crippen LogP contribution in [0.2, 0.25) is 10.0 Å². The number of carbonyl (C=O) groups is 1. The molecule has 1 amide bonds. The minimum absolute atomic E-state index is 0.00623. The van der Waals surface area contributed by atoms with Crippen LogP contribution in [0.4, 0.5) is 8.78 Å². The molecule has 0 spiro atoms. The predicted octanol–water partition coefficient (Wildman–Crippen LogP) is 4.75. The number of halogens is 4. The number of nitrogens with zero attached hydrogens (tertiary/aromatic N) is 1. The Morgan fingerprint density at radius 2 is 1.86 bits per heavy atom. The first-order chi connectivity index (χ1) is 13.3. The molecular formula is C21H22Cl2F2N2O. The molecule has 0 aromatic heterocycles. The van der Waals surface area contributed by atoms with Crippen molar-refractivity contribution in [2.75, 3.05) is 20.1 Å². The summed E-state index contributed by atoms with van der Waals surface area (Å²) in [5, 5.41) is 4.01. The van der Waals surface area contributed by atoms with Gasteiger partial charge in [0.25, 0.3) is 0 Å². The number of rotatable bonds is 5. The Balaban J connectivity index is 1.81. The van der Waals surface area contributed by atoms with Gasteiger partial charge in [0.15, 0.2) is 0 Å². The average molecular weight is 427 g/mol. The lowest BCUT2D eigenvalue weighted by Crippen LogP contribution is -2.52. The molecule has 1 aliphatic heterocycles. The van der Waals surface area contributed by atoms with Gasteiger partial charge in [-0.25, -0.2) is 8.78 Å². The summed E-state index contributed by atoms with van der Waals surface area (Å²) in [5.74, 6) is -0.575. The SMILES string of the molecule is CN(Cc1cc(Cl)cc(Cl)c1)C(=O)CC1(c2ccc(F)cc2)CCNCC1F.